The van der Waals surface area contributed by atoms with Crippen LogP contribution in [0.2, 0.25) is 0 Å². The van der Waals surface area contributed by atoms with E-state index in [0.717, 1.165) is 17.9 Å². The summed E-state index contributed by atoms with van der Waals surface area (Å²) < 4.78 is 5.72. The van der Waals surface area contributed by atoms with Crippen LogP contribution in [0.25, 0.3) is 0 Å². The average molecular weight is 305 g/mol. The number of rotatable bonds is 4. The van der Waals surface area contributed by atoms with Gasteiger partial charge in [-0.1, -0.05) is 6.07 Å². The van der Waals surface area contributed by atoms with E-state index >= 15 is 0 Å². The topological polar surface area (TPSA) is 58.2 Å². The number of amides is 1. The monoisotopic (exact) mass is 305 g/mol. The molecule has 3 heterocycles. The quantitative estimate of drug-likeness (QED) is 0.943. The summed E-state index contributed by atoms with van der Waals surface area (Å²) in [6.45, 7) is 3.77. The Bertz CT molecular complexity index is 594. The lowest BCUT2D eigenvalue weighted by Crippen LogP contribution is -2.42. The highest BCUT2D eigenvalue weighted by atomic mass is 32.1. The Morgan fingerprint density at radius 1 is 1.62 bits per heavy atom. The van der Waals surface area contributed by atoms with Gasteiger partial charge in [-0.25, -0.2) is 4.98 Å². The number of imidazole rings is 1. The zero-order valence-electron chi connectivity index (χ0n) is 12.0. The van der Waals surface area contributed by atoms with Crippen molar-refractivity contribution in [1.29, 1.82) is 0 Å². The molecule has 0 bridgehead atoms. The molecule has 2 aromatic rings. The van der Waals surface area contributed by atoms with Crippen molar-refractivity contribution in [3.63, 3.8) is 0 Å². The molecule has 0 saturated carbocycles. The molecule has 1 fully saturated rings. The summed E-state index contributed by atoms with van der Waals surface area (Å²) in [7, 11) is 0. The van der Waals surface area contributed by atoms with Crippen molar-refractivity contribution >= 4 is 17.2 Å². The number of aromatic amines is 1. The van der Waals surface area contributed by atoms with Crippen LogP contribution in [0.15, 0.2) is 23.7 Å². The van der Waals surface area contributed by atoms with Gasteiger partial charge in [-0.05, 0) is 24.8 Å². The van der Waals surface area contributed by atoms with Crippen molar-refractivity contribution in [2.75, 3.05) is 19.7 Å². The minimum absolute atomic E-state index is 0.141. The molecule has 112 valence electrons. The molecule has 0 aromatic carbocycles. The summed E-state index contributed by atoms with van der Waals surface area (Å²) in [5, 5.41) is 2.05. The highest BCUT2D eigenvalue weighted by Crippen LogP contribution is 2.21. The van der Waals surface area contributed by atoms with E-state index in [1.165, 1.54) is 4.88 Å². The second-order valence-corrected chi connectivity index (χ2v) is 6.26. The Balaban J connectivity index is 1.56. The Labute approximate surface area is 128 Å². The molecule has 3 rings (SSSR count). The summed E-state index contributed by atoms with van der Waals surface area (Å²) >= 11 is 1.70. The number of nitrogens with one attached hydrogen (secondary N) is 1. The highest BCUT2D eigenvalue weighted by Gasteiger charge is 2.26. The number of H-pyrrole nitrogens is 1. The highest BCUT2D eigenvalue weighted by molar-refractivity contribution is 7.09. The first-order valence-corrected chi connectivity index (χ1v) is 8.03. The lowest BCUT2D eigenvalue weighted by molar-refractivity contribution is -0.139. The van der Waals surface area contributed by atoms with Gasteiger partial charge in [0.2, 0.25) is 5.91 Å². The zero-order valence-corrected chi connectivity index (χ0v) is 12.9. The fourth-order valence-electron chi connectivity index (χ4n) is 2.48. The Hall–Kier alpha value is -1.66. The molecular weight excluding hydrogens is 286 g/mol. The van der Waals surface area contributed by atoms with E-state index in [1.54, 1.807) is 17.5 Å². The second kappa shape index (κ2) is 6.41. The third-order valence-corrected chi connectivity index (χ3v) is 4.55. The van der Waals surface area contributed by atoms with Crippen LogP contribution in [0.3, 0.4) is 0 Å². The van der Waals surface area contributed by atoms with Crippen LogP contribution in [0, 0.1) is 6.92 Å². The minimum Gasteiger partial charge on any atom is -0.367 e. The van der Waals surface area contributed by atoms with Gasteiger partial charge in [0.05, 0.1) is 13.2 Å². The summed E-state index contributed by atoms with van der Waals surface area (Å²) in [6.07, 6.45) is 3.03. The van der Waals surface area contributed by atoms with Crippen molar-refractivity contribution in [1.82, 2.24) is 14.9 Å². The molecule has 5 nitrogen and oxygen atoms in total. The lowest BCUT2D eigenvalue weighted by atomic mass is 10.2. The van der Waals surface area contributed by atoms with Crippen molar-refractivity contribution in [2.45, 2.75) is 25.9 Å². The predicted molar refractivity (Wildman–Crippen MR) is 81.2 cm³/mol. The van der Waals surface area contributed by atoms with Gasteiger partial charge in [0.25, 0.3) is 0 Å². The van der Waals surface area contributed by atoms with Gasteiger partial charge in [0.15, 0.2) is 0 Å². The summed E-state index contributed by atoms with van der Waals surface area (Å²) in [5.41, 5.74) is 1.01. The summed E-state index contributed by atoms with van der Waals surface area (Å²) in [6, 6.07) is 4.10. The van der Waals surface area contributed by atoms with Crippen LogP contribution >= 0.6 is 11.3 Å². The first-order chi connectivity index (χ1) is 10.2. The smallest absolute Gasteiger partial charge is 0.223 e. The third kappa shape index (κ3) is 3.51. The molecule has 2 aromatic heterocycles. The Morgan fingerprint density at radius 3 is 3.24 bits per heavy atom. The first-order valence-electron chi connectivity index (χ1n) is 7.15. The number of ether oxygens (including phenoxy) is 1. The Morgan fingerprint density at radius 2 is 2.52 bits per heavy atom. The number of hydrogen-bond acceptors (Lipinski definition) is 4. The van der Waals surface area contributed by atoms with Crippen molar-refractivity contribution in [3.05, 3.63) is 40.1 Å². The van der Waals surface area contributed by atoms with Crippen LogP contribution in [0.5, 0.6) is 0 Å². The molecule has 6 heteroatoms. The van der Waals surface area contributed by atoms with Crippen molar-refractivity contribution in [3.8, 4) is 0 Å². The maximum atomic E-state index is 12.3. The number of morpholine rings is 1. The molecule has 1 saturated heterocycles. The van der Waals surface area contributed by atoms with E-state index in [-0.39, 0.29) is 12.0 Å². The Kier molecular flexibility index (Phi) is 4.36. The molecule has 0 spiro atoms. The van der Waals surface area contributed by atoms with Crippen LogP contribution in [-0.2, 0) is 16.0 Å². The van der Waals surface area contributed by atoms with Gasteiger partial charge >= 0.3 is 0 Å². The largest absolute Gasteiger partial charge is 0.367 e. The van der Waals surface area contributed by atoms with E-state index in [4.69, 9.17) is 4.74 Å². The van der Waals surface area contributed by atoms with E-state index in [1.807, 2.05) is 23.3 Å². The molecule has 21 heavy (non-hydrogen) atoms. The maximum absolute atomic E-state index is 12.3. The zero-order chi connectivity index (χ0) is 14.7. The van der Waals surface area contributed by atoms with Gasteiger partial charge in [-0.15, -0.1) is 11.3 Å². The standard InChI is InChI=1S/C15H19N3O2S/c1-11-9-16-15(17-11)13-10-18(6-7-20-13)14(19)5-4-12-3-2-8-21-12/h2-3,8-9,13H,4-7,10H2,1H3,(H,16,17)/t13-/m1/s1. The van der Waals surface area contributed by atoms with Gasteiger partial charge in [-0.3, -0.25) is 4.79 Å². The van der Waals surface area contributed by atoms with Crippen LogP contribution in [0.4, 0.5) is 0 Å². The van der Waals surface area contributed by atoms with Gasteiger partial charge < -0.3 is 14.6 Å². The summed E-state index contributed by atoms with van der Waals surface area (Å²) in [4.78, 5) is 23.0. The van der Waals surface area contributed by atoms with Gasteiger partial charge in [0, 0.05) is 29.7 Å². The van der Waals surface area contributed by atoms with E-state index < -0.39 is 0 Å². The minimum atomic E-state index is -0.141. The number of aromatic nitrogens is 2. The van der Waals surface area contributed by atoms with E-state index in [0.29, 0.717) is 26.1 Å². The van der Waals surface area contributed by atoms with Gasteiger partial charge in [0.1, 0.15) is 11.9 Å². The van der Waals surface area contributed by atoms with E-state index in [2.05, 4.69) is 16.0 Å². The van der Waals surface area contributed by atoms with Crippen LogP contribution in [-0.4, -0.2) is 40.5 Å². The predicted octanol–water partition coefficient (Wildman–Crippen LogP) is 2.31. The van der Waals surface area contributed by atoms with E-state index in [9.17, 15) is 4.79 Å². The molecule has 0 aliphatic carbocycles. The molecule has 0 unspecified atom stereocenters. The fourth-order valence-corrected chi connectivity index (χ4v) is 3.19. The number of nitrogens with zero attached hydrogens (tertiary/aromatic N) is 2. The number of carbonyl (C=O) groups excluding carboxylic acids is 1. The van der Waals surface area contributed by atoms with Crippen LogP contribution < -0.4 is 0 Å². The fraction of sp³-hybridized carbons (Fsp3) is 0.467. The second-order valence-electron chi connectivity index (χ2n) is 5.23. The summed E-state index contributed by atoms with van der Waals surface area (Å²) in [5.74, 6) is 1.00. The average Bonchev–Trinajstić information content (AvgIpc) is 3.16. The molecular formula is C15H19N3O2S. The normalized spacial score (nSPS) is 18.9. The molecule has 0 radical (unpaired) electrons. The molecule has 1 atom stereocenters. The molecule has 1 amide bonds. The van der Waals surface area contributed by atoms with Crippen LogP contribution in [0.1, 0.15) is 28.9 Å². The number of aryl methyl sites for hydroxylation is 2. The number of hydrogen-bond donors (Lipinski definition) is 1. The molecule has 1 aliphatic heterocycles. The first kappa shape index (κ1) is 14.3. The maximum Gasteiger partial charge on any atom is 0.223 e. The SMILES string of the molecule is Cc1cnc([C@H]2CN(C(=O)CCc3cccs3)CCO2)[nH]1. The number of thiophene rings is 1. The van der Waals surface area contributed by atoms with Gasteiger partial charge in [-0.2, -0.15) is 0 Å². The number of carbonyl (C=O) groups is 1. The molecule has 1 N–H and O–H groups in total. The third-order valence-electron chi connectivity index (χ3n) is 3.61. The molecule has 1 aliphatic rings. The van der Waals surface area contributed by atoms with Crippen molar-refractivity contribution in [2.24, 2.45) is 0 Å². The lowest BCUT2D eigenvalue weighted by Gasteiger charge is -2.32. The van der Waals surface area contributed by atoms with Crippen molar-refractivity contribution < 1.29 is 9.53 Å².